The first kappa shape index (κ1) is 29.3. The van der Waals surface area contributed by atoms with Crippen LogP contribution in [0.4, 0.5) is 18.9 Å². The van der Waals surface area contributed by atoms with Crippen LogP contribution in [0, 0.1) is 32.1 Å². The van der Waals surface area contributed by atoms with Crippen molar-refractivity contribution in [3.63, 3.8) is 0 Å². The molecular formula is C33H29ClF3N3O2. The molecule has 2 aliphatic rings. The number of halogens is 4. The first-order valence-electron chi connectivity index (χ1n) is 13.5. The van der Waals surface area contributed by atoms with Crippen LogP contribution in [0.25, 0.3) is 0 Å². The minimum absolute atomic E-state index is 0.0371. The molecule has 3 aromatic rings. The fourth-order valence-corrected chi connectivity index (χ4v) is 6.15. The molecule has 5 rings (SSSR count). The van der Waals surface area contributed by atoms with Crippen molar-refractivity contribution < 1.29 is 22.7 Å². The molecule has 1 unspecified atom stereocenters. The average Bonchev–Trinajstić information content (AvgIpc) is 2.93. The number of carbonyl (C=O) groups excluding carboxylic acids is 1. The third-order valence-electron chi connectivity index (χ3n) is 7.89. The van der Waals surface area contributed by atoms with E-state index in [-0.39, 0.29) is 35.9 Å². The van der Waals surface area contributed by atoms with E-state index in [1.165, 1.54) is 23.1 Å². The number of para-hydroxylation sites is 1. The Balaban J connectivity index is 1.66. The van der Waals surface area contributed by atoms with Crippen molar-refractivity contribution in [2.45, 2.75) is 58.7 Å². The van der Waals surface area contributed by atoms with Gasteiger partial charge in [-0.3, -0.25) is 9.69 Å². The summed E-state index contributed by atoms with van der Waals surface area (Å²) in [6.45, 7) is 5.93. The number of nitriles is 1. The third-order valence-corrected chi connectivity index (χ3v) is 8.13. The normalized spacial score (nSPS) is 17.3. The Kier molecular flexibility index (Phi) is 7.82. The minimum atomic E-state index is -4.66. The number of hydrogen-bond acceptors (Lipinski definition) is 5. The van der Waals surface area contributed by atoms with Gasteiger partial charge in [0.1, 0.15) is 18.2 Å². The molecule has 0 bridgehead atoms. The Hall–Kier alpha value is -4.22. The largest absolute Gasteiger partial charge is 0.489 e. The first-order chi connectivity index (χ1) is 19.9. The molecule has 42 heavy (non-hydrogen) atoms. The van der Waals surface area contributed by atoms with Crippen LogP contribution >= 0.6 is 11.6 Å². The monoisotopic (exact) mass is 591 g/mol. The lowest BCUT2D eigenvalue weighted by molar-refractivity contribution is -0.137. The Bertz CT molecular complexity index is 1700. The predicted octanol–water partition coefficient (Wildman–Crippen LogP) is 8.17. The van der Waals surface area contributed by atoms with E-state index < -0.39 is 17.7 Å². The number of ketones is 1. The van der Waals surface area contributed by atoms with Crippen LogP contribution in [-0.4, -0.2) is 5.78 Å². The molecule has 216 valence electrons. The Morgan fingerprint density at radius 3 is 2.52 bits per heavy atom. The van der Waals surface area contributed by atoms with Crippen LogP contribution in [0.15, 0.2) is 77.3 Å². The number of Topliss-reactive ketones (excluding diaryl/α,β-unsaturated/α-hetero) is 1. The molecule has 1 aliphatic carbocycles. The fraction of sp³-hybridized carbons (Fsp3) is 0.273. The topological polar surface area (TPSA) is 79.3 Å². The van der Waals surface area contributed by atoms with Crippen LogP contribution in [0.5, 0.6) is 5.75 Å². The lowest BCUT2D eigenvalue weighted by Crippen LogP contribution is -2.39. The van der Waals surface area contributed by atoms with E-state index in [0.717, 1.165) is 28.3 Å². The van der Waals surface area contributed by atoms with Crippen molar-refractivity contribution in [2.24, 2.45) is 5.73 Å². The van der Waals surface area contributed by atoms with Crippen LogP contribution in [0.1, 0.15) is 58.6 Å². The van der Waals surface area contributed by atoms with Crippen LogP contribution in [0.2, 0.25) is 5.02 Å². The number of nitrogens with zero attached hydrogens (tertiary/aromatic N) is 2. The van der Waals surface area contributed by atoms with Gasteiger partial charge in [0.2, 0.25) is 0 Å². The number of aryl methyl sites for hydroxylation is 2. The summed E-state index contributed by atoms with van der Waals surface area (Å²) in [7, 11) is 0. The van der Waals surface area contributed by atoms with Crippen molar-refractivity contribution in [1.82, 2.24) is 0 Å². The van der Waals surface area contributed by atoms with Gasteiger partial charge in [-0.15, -0.1) is 0 Å². The SMILES string of the molecule is Cc1cc(COc2ccc(Cl)cc2C)c(C)c(C2C(C#N)=C(N)N(c3ccccc3C(F)(F)F)C3=C2C(=O)CCC3)c1. The number of rotatable bonds is 5. The van der Waals surface area contributed by atoms with Gasteiger partial charge in [0, 0.05) is 22.7 Å². The number of alkyl halides is 3. The average molecular weight is 592 g/mol. The fourth-order valence-electron chi connectivity index (χ4n) is 5.92. The molecule has 9 heteroatoms. The Morgan fingerprint density at radius 1 is 1.10 bits per heavy atom. The summed E-state index contributed by atoms with van der Waals surface area (Å²) in [4.78, 5) is 14.8. The Morgan fingerprint density at radius 2 is 1.83 bits per heavy atom. The zero-order valence-electron chi connectivity index (χ0n) is 23.4. The van der Waals surface area contributed by atoms with Gasteiger partial charge in [-0.25, -0.2) is 0 Å². The Labute approximate surface area is 247 Å². The van der Waals surface area contributed by atoms with E-state index in [2.05, 4.69) is 6.07 Å². The van der Waals surface area contributed by atoms with Crippen molar-refractivity contribution in [2.75, 3.05) is 4.90 Å². The predicted molar refractivity (Wildman–Crippen MR) is 156 cm³/mol. The van der Waals surface area contributed by atoms with Gasteiger partial charge in [0.05, 0.1) is 28.8 Å². The van der Waals surface area contributed by atoms with Crippen molar-refractivity contribution in [3.8, 4) is 11.8 Å². The molecule has 0 radical (unpaired) electrons. The second-order valence-corrected chi connectivity index (χ2v) is 11.1. The van der Waals surface area contributed by atoms with E-state index in [1.807, 2.05) is 39.0 Å². The van der Waals surface area contributed by atoms with E-state index in [1.54, 1.807) is 12.1 Å². The number of hydrogen-bond donors (Lipinski definition) is 1. The van der Waals surface area contributed by atoms with Crippen LogP contribution < -0.4 is 15.4 Å². The summed E-state index contributed by atoms with van der Waals surface area (Å²) in [5, 5.41) is 11.0. The zero-order chi connectivity index (χ0) is 30.3. The number of ether oxygens (including phenoxy) is 1. The maximum Gasteiger partial charge on any atom is 0.418 e. The van der Waals surface area contributed by atoms with E-state index in [9.17, 15) is 23.2 Å². The minimum Gasteiger partial charge on any atom is -0.489 e. The zero-order valence-corrected chi connectivity index (χ0v) is 24.2. The third kappa shape index (κ3) is 5.25. The van der Waals surface area contributed by atoms with E-state index in [0.29, 0.717) is 40.4 Å². The highest BCUT2D eigenvalue weighted by molar-refractivity contribution is 6.30. The number of allylic oxidation sites excluding steroid dienone is 3. The van der Waals surface area contributed by atoms with E-state index >= 15 is 0 Å². The van der Waals surface area contributed by atoms with Gasteiger partial charge >= 0.3 is 6.18 Å². The van der Waals surface area contributed by atoms with Crippen molar-refractivity contribution in [3.05, 3.63) is 116 Å². The standard InChI is InChI=1S/C33H29ClF3N3O2/c1-18-13-21(17-42-29-12-11-22(34)15-19(29)2)20(3)23(14-18)30-24(16-38)32(39)40(27-9-6-10-28(41)31(27)30)26-8-5-4-7-25(26)33(35,36)37/h4-5,7-8,11-15,30H,6,9-10,17,39H2,1-3H3. The second-order valence-electron chi connectivity index (χ2n) is 10.7. The summed E-state index contributed by atoms with van der Waals surface area (Å²) < 4.78 is 48.4. The number of anilines is 1. The van der Waals surface area contributed by atoms with Gasteiger partial charge in [-0.1, -0.05) is 41.4 Å². The second kappa shape index (κ2) is 11.2. The number of nitrogens with two attached hydrogens (primary N) is 1. The molecule has 0 saturated carbocycles. The quantitative estimate of drug-likeness (QED) is 0.324. The molecule has 1 heterocycles. The maximum atomic E-state index is 14.1. The highest BCUT2D eigenvalue weighted by Gasteiger charge is 2.43. The van der Waals surface area contributed by atoms with Gasteiger partial charge in [-0.05, 0) is 86.2 Å². The van der Waals surface area contributed by atoms with Gasteiger partial charge in [0.25, 0.3) is 0 Å². The number of benzene rings is 3. The first-order valence-corrected chi connectivity index (χ1v) is 13.9. The summed E-state index contributed by atoms with van der Waals surface area (Å²) in [5.41, 5.74) is 10.4. The highest BCUT2D eigenvalue weighted by Crippen LogP contribution is 2.49. The molecule has 0 spiro atoms. The van der Waals surface area contributed by atoms with Crippen molar-refractivity contribution >= 4 is 23.1 Å². The van der Waals surface area contributed by atoms with Gasteiger partial charge in [0.15, 0.2) is 5.78 Å². The summed E-state index contributed by atoms with van der Waals surface area (Å²) >= 11 is 6.09. The lowest BCUT2D eigenvalue weighted by Gasteiger charge is -2.41. The summed E-state index contributed by atoms with van der Waals surface area (Å²) in [5.74, 6) is -0.453. The molecular weight excluding hydrogens is 563 g/mol. The molecule has 3 aromatic carbocycles. The van der Waals surface area contributed by atoms with Gasteiger partial charge < -0.3 is 10.5 Å². The molecule has 1 aliphatic heterocycles. The smallest absolute Gasteiger partial charge is 0.418 e. The summed E-state index contributed by atoms with van der Waals surface area (Å²) in [6, 6.07) is 16.5. The van der Waals surface area contributed by atoms with Gasteiger partial charge in [-0.2, -0.15) is 18.4 Å². The van der Waals surface area contributed by atoms with Crippen LogP contribution in [-0.2, 0) is 17.6 Å². The van der Waals surface area contributed by atoms with Crippen molar-refractivity contribution in [1.29, 1.82) is 5.26 Å². The molecule has 2 N–H and O–H groups in total. The van der Waals surface area contributed by atoms with E-state index in [4.69, 9.17) is 22.1 Å². The molecule has 0 aromatic heterocycles. The number of carbonyl (C=O) groups is 1. The molecule has 0 saturated heterocycles. The molecule has 0 fully saturated rings. The summed E-state index contributed by atoms with van der Waals surface area (Å²) in [6.07, 6.45) is -3.61. The maximum absolute atomic E-state index is 14.1. The molecule has 5 nitrogen and oxygen atoms in total. The molecule has 0 amide bonds. The van der Waals surface area contributed by atoms with Crippen LogP contribution in [0.3, 0.4) is 0 Å². The lowest BCUT2D eigenvalue weighted by atomic mass is 9.73. The highest BCUT2D eigenvalue weighted by atomic mass is 35.5. The molecule has 1 atom stereocenters.